The van der Waals surface area contributed by atoms with Gasteiger partial charge in [-0.15, -0.1) is 0 Å². The van der Waals surface area contributed by atoms with E-state index in [0.29, 0.717) is 17.9 Å². The number of methoxy groups -OCH3 is 1. The lowest BCUT2D eigenvalue weighted by molar-refractivity contribution is 0.255. The Hall–Kier alpha value is -2.10. The van der Waals surface area contributed by atoms with Gasteiger partial charge < -0.3 is 9.47 Å². The molecule has 21 heavy (non-hydrogen) atoms. The maximum Gasteiger partial charge on any atom is 0.201 e. The molecule has 2 rings (SSSR count). The van der Waals surface area contributed by atoms with Crippen LogP contribution in [0.5, 0.6) is 11.5 Å². The van der Waals surface area contributed by atoms with E-state index in [1.165, 1.54) is 12.1 Å². The third kappa shape index (κ3) is 3.51. The van der Waals surface area contributed by atoms with E-state index in [1.807, 2.05) is 13.8 Å². The molecule has 2 aromatic rings. The molecular formula is C17H18F2O2. The molecular weight excluding hydrogens is 274 g/mol. The summed E-state index contributed by atoms with van der Waals surface area (Å²) in [5, 5.41) is 0. The molecule has 2 nitrogen and oxygen atoms in total. The quantitative estimate of drug-likeness (QED) is 0.797. The maximum absolute atomic E-state index is 14.2. The fourth-order valence-electron chi connectivity index (χ4n) is 1.89. The molecule has 0 saturated carbocycles. The summed E-state index contributed by atoms with van der Waals surface area (Å²) in [4.78, 5) is 0. The van der Waals surface area contributed by atoms with E-state index in [4.69, 9.17) is 9.47 Å². The molecule has 2 aromatic carbocycles. The summed E-state index contributed by atoms with van der Waals surface area (Å²) in [6, 6.07) is 9.76. The molecule has 0 aliphatic rings. The molecule has 0 heterocycles. The van der Waals surface area contributed by atoms with E-state index in [-0.39, 0.29) is 17.2 Å². The summed E-state index contributed by atoms with van der Waals surface area (Å²) < 4.78 is 38.5. The predicted octanol–water partition coefficient (Wildman–Crippen LogP) is 4.68. The van der Waals surface area contributed by atoms with Crippen LogP contribution < -0.4 is 9.47 Å². The van der Waals surface area contributed by atoms with Crippen molar-refractivity contribution in [3.8, 4) is 22.6 Å². The lowest BCUT2D eigenvalue weighted by Crippen LogP contribution is -2.06. The highest BCUT2D eigenvalue weighted by Crippen LogP contribution is 2.30. The van der Waals surface area contributed by atoms with Crippen LogP contribution in [0.4, 0.5) is 8.78 Å². The third-order valence-electron chi connectivity index (χ3n) is 3.02. The number of hydrogen-bond donors (Lipinski definition) is 0. The number of ether oxygens (including phenoxy) is 2. The minimum Gasteiger partial charge on any atom is -0.497 e. The first kappa shape index (κ1) is 15.3. The highest BCUT2D eigenvalue weighted by molar-refractivity contribution is 5.66. The van der Waals surface area contributed by atoms with Crippen molar-refractivity contribution in [3.63, 3.8) is 0 Å². The molecule has 0 saturated heterocycles. The van der Waals surface area contributed by atoms with Crippen LogP contribution in [0.15, 0.2) is 36.4 Å². The minimum absolute atomic E-state index is 0.0570. The van der Waals surface area contributed by atoms with Crippen molar-refractivity contribution >= 4 is 0 Å². The van der Waals surface area contributed by atoms with Crippen LogP contribution in [0.2, 0.25) is 0 Å². The molecule has 0 amide bonds. The van der Waals surface area contributed by atoms with Crippen LogP contribution in [-0.4, -0.2) is 13.7 Å². The van der Waals surface area contributed by atoms with Gasteiger partial charge in [-0.2, -0.15) is 4.39 Å². The van der Waals surface area contributed by atoms with E-state index in [1.54, 1.807) is 31.4 Å². The first-order valence-corrected chi connectivity index (χ1v) is 6.78. The Labute approximate surface area is 123 Å². The van der Waals surface area contributed by atoms with Crippen molar-refractivity contribution in [1.82, 2.24) is 0 Å². The predicted molar refractivity (Wildman–Crippen MR) is 78.7 cm³/mol. The molecule has 0 unspecified atom stereocenters. The van der Waals surface area contributed by atoms with Crippen molar-refractivity contribution in [1.29, 1.82) is 0 Å². The molecule has 0 fully saturated rings. The molecule has 0 aliphatic carbocycles. The Morgan fingerprint density at radius 2 is 1.62 bits per heavy atom. The van der Waals surface area contributed by atoms with Crippen molar-refractivity contribution in [2.75, 3.05) is 13.7 Å². The Bertz CT molecular complexity index is 607. The van der Waals surface area contributed by atoms with Crippen molar-refractivity contribution in [2.24, 2.45) is 5.92 Å². The lowest BCUT2D eigenvalue weighted by atomic mass is 10.0. The van der Waals surface area contributed by atoms with Crippen LogP contribution >= 0.6 is 0 Å². The highest BCUT2D eigenvalue weighted by Gasteiger charge is 2.16. The van der Waals surface area contributed by atoms with Gasteiger partial charge in [0.25, 0.3) is 0 Å². The summed E-state index contributed by atoms with van der Waals surface area (Å²) in [6.45, 7) is 4.23. The number of benzene rings is 2. The van der Waals surface area contributed by atoms with Gasteiger partial charge in [0.15, 0.2) is 11.6 Å². The van der Waals surface area contributed by atoms with Gasteiger partial charge in [-0.25, -0.2) is 4.39 Å². The maximum atomic E-state index is 14.2. The van der Waals surface area contributed by atoms with Gasteiger partial charge in [0, 0.05) is 5.56 Å². The summed E-state index contributed by atoms with van der Waals surface area (Å²) >= 11 is 0. The zero-order chi connectivity index (χ0) is 15.4. The van der Waals surface area contributed by atoms with E-state index in [0.717, 1.165) is 0 Å². The number of hydrogen-bond acceptors (Lipinski definition) is 2. The van der Waals surface area contributed by atoms with E-state index < -0.39 is 11.6 Å². The summed E-state index contributed by atoms with van der Waals surface area (Å²) in [5.41, 5.74) is 0.787. The molecule has 0 radical (unpaired) electrons. The normalized spacial score (nSPS) is 10.8. The van der Waals surface area contributed by atoms with Crippen molar-refractivity contribution in [3.05, 3.63) is 48.0 Å². The van der Waals surface area contributed by atoms with Gasteiger partial charge in [0.05, 0.1) is 13.7 Å². The molecule has 0 N–H and O–H groups in total. The second-order valence-corrected chi connectivity index (χ2v) is 5.17. The first-order chi connectivity index (χ1) is 10.0. The van der Waals surface area contributed by atoms with Crippen molar-refractivity contribution in [2.45, 2.75) is 13.8 Å². The largest absolute Gasteiger partial charge is 0.497 e. The molecule has 0 atom stereocenters. The van der Waals surface area contributed by atoms with E-state index >= 15 is 0 Å². The van der Waals surface area contributed by atoms with Gasteiger partial charge in [-0.3, -0.25) is 0 Å². The Kier molecular flexibility index (Phi) is 4.78. The van der Waals surface area contributed by atoms with Crippen LogP contribution in [0.25, 0.3) is 11.1 Å². The SMILES string of the molecule is COc1ccc(-c2ccc(OCC(C)C)c(F)c2F)cc1. The second-order valence-electron chi connectivity index (χ2n) is 5.17. The lowest BCUT2D eigenvalue weighted by Gasteiger charge is -2.12. The van der Waals surface area contributed by atoms with E-state index in [9.17, 15) is 8.78 Å². The summed E-state index contributed by atoms with van der Waals surface area (Å²) in [7, 11) is 1.55. The van der Waals surface area contributed by atoms with Crippen LogP contribution in [0, 0.1) is 17.6 Å². The van der Waals surface area contributed by atoms with Gasteiger partial charge in [-0.1, -0.05) is 26.0 Å². The van der Waals surface area contributed by atoms with Crippen LogP contribution in [0.3, 0.4) is 0 Å². The summed E-state index contributed by atoms with van der Waals surface area (Å²) in [6.07, 6.45) is 0. The molecule has 0 aliphatic heterocycles. The zero-order valence-corrected chi connectivity index (χ0v) is 12.3. The molecule has 0 aromatic heterocycles. The van der Waals surface area contributed by atoms with Crippen LogP contribution in [0.1, 0.15) is 13.8 Å². The molecule has 112 valence electrons. The standard InChI is InChI=1S/C17H18F2O2/c1-11(2)10-21-15-9-8-14(16(18)17(15)19)12-4-6-13(20-3)7-5-12/h4-9,11H,10H2,1-3H3. The van der Waals surface area contributed by atoms with Gasteiger partial charge in [0.1, 0.15) is 5.75 Å². The fraction of sp³-hybridized carbons (Fsp3) is 0.294. The molecule has 4 heteroatoms. The smallest absolute Gasteiger partial charge is 0.201 e. The summed E-state index contributed by atoms with van der Waals surface area (Å²) in [5.74, 6) is -1.01. The van der Waals surface area contributed by atoms with Crippen molar-refractivity contribution < 1.29 is 18.3 Å². The Balaban J connectivity index is 2.30. The topological polar surface area (TPSA) is 18.5 Å². The number of rotatable bonds is 5. The van der Waals surface area contributed by atoms with Gasteiger partial charge >= 0.3 is 0 Å². The minimum atomic E-state index is -0.955. The average Bonchev–Trinajstić information content (AvgIpc) is 2.49. The van der Waals surface area contributed by atoms with Crippen LogP contribution in [-0.2, 0) is 0 Å². The third-order valence-corrected chi connectivity index (χ3v) is 3.02. The average molecular weight is 292 g/mol. The van der Waals surface area contributed by atoms with Gasteiger partial charge in [0.2, 0.25) is 5.82 Å². The highest BCUT2D eigenvalue weighted by atomic mass is 19.2. The Morgan fingerprint density at radius 3 is 2.19 bits per heavy atom. The molecule has 0 spiro atoms. The second kappa shape index (κ2) is 6.57. The van der Waals surface area contributed by atoms with E-state index in [2.05, 4.69) is 0 Å². The number of halogens is 2. The fourth-order valence-corrected chi connectivity index (χ4v) is 1.89. The first-order valence-electron chi connectivity index (χ1n) is 6.78. The Morgan fingerprint density at radius 1 is 0.952 bits per heavy atom. The van der Waals surface area contributed by atoms with Gasteiger partial charge in [-0.05, 0) is 35.7 Å². The zero-order valence-electron chi connectivity index (χ0n) is 12.3. The molecule has 0 bridgehead atoms. The monoisotopic (exact) mass is 292 g/mol.